The van der Waals surface area contributed by atoms with Crippen LogP contribution in [0.5, 0.6) is 0 Å². The molecule has 0 aliphatic carbocycles. The van der Waals surface area contributed by atoms with Gasteiger partial charge in [0.15, 0.2) is 0 Å². The van der Waals surface area contributed by atoms with Crippen molar-refractivity contribution in [2.75, 3.05) is 37.0 Å². The minimum absolute atomic E-state index is 0.364. The van der Waals surface area contributed by atoms with Gasteiger partial charge in [0.1, 0.15) is 0 Å². The summed E-state index contributed by atoms with van der Waals surface area (Å²) in [7, 11) is 4.15. The Hall–Kier alpha value is -1.22. The van der Waals surface area contributed by atoms with E-state index in [0.29, 0.717) is 12.0 Å². The number of nitrogens with two attached hydrogens (primary N) is 1. The van der Waals surface area contributed by atoms with Gasteiger partial charge in [0.05, 0.1) is 0 Å². The number of nitrogens with zero attached hydrogens (tertiary/aromatic N) is 2. The molecule has 0 radical (unpaired) electrons. The van der Waals surface area contributed by atoms with Crippen molar-refractivity contribution in [1.82, 2.24) is 0 Å². The molecule has 3 nitrogen and oxygen atoms in total. The molecule has 1 saturated heterocycles. The van der Waals surface area contributed by atoms with Crippen LogP contribution in [0.25, 0.3) is 0 Å². The topological polar surface area (TPSA) is 32.5 Å². The van der Waals surface area contributed by atoms with E-state index in [0.717, 1.165) is 19.5 Å². The lowest BCUT2D eigenvalue weighted by Crippen LogP contribution is -2.46. The Bertz CT molecular complexity index is 375. The van der Waals surface area contributed by atoms with Crippen molar-refractivity contribution in [3.8, 4) is 0 Å². The highest BCUT2D eigenvalue weighted by molar-refractivity contribution is 5.59. The molecular formula is C14H23N3. The summed E-state index contributed by atoms with van der Waals surface area (Å²) in [6, 6.07) is 9.08. The molecule has 0 amide bonds. The van der Waals surface area contributed by atoms with E-state index in [-0.39, 0.29) is 0 Å². The summed E-state index contributed by atoms with van der Waals surface area (Å²) in [6.07, 6.45) is 1.09. The van der Waals surface area contributed by atoms with Crippen LogP contribution in [-0.4, -0.2) is 33.2 Å². The second-order valence-corrected chi connectivity index (χ2v) is 5.29. The molecule has 17 heavy (non-hydrogen) atoms. The lowest BCUT2D eigenvalue weighted by Gasteiger charge is -2.37. The van der Waals surface area contributed by atoms with Crippen LogP contribution in [0.2, 0.25) is 0 Å². The van der Waals surface area contributed by atoms with Crippen molar-refractivity contribution in [1.29, 1.82) is 0 Å². The van der Waals surface area contributed by atoms with Crippen molar-refractivity contribution < 1.29 is 0 Å². The van der Waals surface area contributed by atoms with E-state index < -0.39 is 0 Å². The molecule has 0 bridgehead atoms. The summed E-state index contributed by atoms with van der Waals surface area (Å²) in [5.41, 5.74) is 8.63. The third kappa shape index (κ3) is 2.72. The van der Waals surface area contributed by atoms with E-state index in [1.807, 2.05) is 0 Å². The maximum Gasteiger partial charge on any atom is 0.0387 e. The lowest BCUT2D eigenvalue weighted by molar-refractivity contribution is 0.383. The Balaban J connectivity index is 2.14. The molecule has 2 N–H and O–H groups in total. The summed E-state index contributed by atoms with van der Waals surface area (Å²) >= 11 is 0. The second kappa shape index (κ2) is 4.96. The van der Waals surface area contributed by atoms with E-state index in [9.17, 15) is 0 Å². The van der Waals surface area contributed by atoms with Crippen molar-refractivity contribution in [2.24, 2.45) is 11.7 Å². The Morgan fingerprint density at radius 3 is 2.76 bits per heavy atom. The minimum Gasteiger partial charge on any atom is -0.378 e. The first-order chi connectivity index (χ1) is 8.08. The lowest BCUT2D eigenvalue weighted by atomic mass is 9.94. The molecule has 1 aliphatic heterocycles. The third-order valence-electron chi connectivity index (χ3n) is 3.68. The van der Waals surface area contributed by atoms with Crippen molar-refractivity contribution in [2.45, 2.75) is 19.4 Å². The fraction of sp³-hybridized carbons (Fsp3) is 0.571. The summed E-state index contributed by atoms with van der Waals surface area (Å²) in [6.45, 7) is 4.38. The molecular weight excluding hydrogens is 210 g/mol. The molecule has 1 aliphatic rings. The quantitative estimate of drug-likeness (QED) is 0.847. The summed E-state index contributed by atoms with van der Waals surface area (Å²) < 4.78 is 0. The highest BCUT2D eigenvalue weighted by atomic mass is 15.1. The van der Waals surface area contributed by atoms with Gasteiger partial charge in [-0.3, -0.25) is 0 Å². The van der Waals surface area contributed by atoms with Crippen molar-refractivity contribution in [3.63, 3.8) is 0 Å². The molecule has 0 spiro atoms. The normalized spacial score (nSPS) is 24.8. The maximum atomic E-state index is 6.06. The van der Waals surface area contributed by atoms with Gasteiger partial charge in [0.2, 0.25) is 0 Å². The zero-order chi connectivity index (χ0) is 12.4. The average Bonchev–Trinajstić information content (AvgIpc) is 2.33. The maximum absolute atomic E-state index is 6.06. The third-order valence-corrected chi connectivity index (χ3v) is 3.68. The molecule has 94 valence electrons. The first-order valence-corrected chi connectivity index (χ1v) is 6.36. The number of rotatable bonds is 2. The summed E-state index contributed by atoms with van der Waals surface area (Å²) in [5.74, 6) is 0.576. The van der Waals surface area contributed by atoms with Crippen LogP contribution in [0.15, 0.2) is 24.3 Å². The monoisotopic (exact) mass is 233 g/mol. The predicted molar refractivity (Wildman–Crippen MR) is 74.7 cm³/mol. The molecule has 0 aromatic heterocycles. The van der Waals surface area contributed by atoms with E-state index in [1.165, 1.54) is 11.4 Å². The first-order valence-electron chi connectivity index (χ1n) is 6.36. The van der Waals surface area contributed by atoms with Crippen LogP contribution < -0.4 is 15.5 Å². The van der Waals surface area contributed by atoms with Gasteiger partial charge in [-0.15, -0.1) is 0 Å². The molecule has 1 heterocycles. The standard InChI is InChI=1S/C14H23N3/c1-11-10-17(8-7-14(11)15)13-6-4-5-12(9-13)16(2)3/h4-6,9,11,14H,7-8,10,15H2,1-3H3. The van der Waals surface area contributed by atoms with Gasteiger partial charge in [-0.2, -0.15) is 0 Å². The molecule has 2 unspecified atom stereocenters. The molecule has 3 heteroatoms. The molecule has 1 aromatic carbocycles. The minimum atomic E-state index is 0.364. The molecule has 1 aromatic rings. The van der Waals surface area contributed by atoms with Gasteiger partial charge in [0, 0.05) is 44.6 Å². The number of hydrogen-bond donors (Lipinski definition) is 1. The Morgan fingerprint density at radius 1 is 1.35 bits per heavy atom. The molecule has 2 rings (SSSR count). The van der Waals surface area contributed by atoms with Crippen LogP contribution in [0.4, 0.5) is 11.4 Å². The Kier molecular flexibility index (Phi) is 3.57. The van der Waals surface area contributed by atoms with Crippen LogP contribution in [0.1, 0.15) is 13.3 Å². The number of hydrogen-bond acceptors (Lipinski definition) is 3. The van der Waals surface area contributed by atoms with Crippen LogP contribution in [0, 0.1) is 5.92 Å². The van der Waals surface area contributed by atoms with Gasteiger partial charge >= 0.3 is 0 Å². The largest absolute Gasteiger partial charge is 0.378 e. The zero-order valence-corrected chi connectivity index (χ0v) is 11.1. The highest BCUT2D eigenvalue weighted by Gasteiger charge is 2.23. The smallest absolute Gasteiger partial charge is 0.0387 e. The Morgan fingerprint density at radius 2 is 2.12 bits per heavy atom. The average molecular weight is 233 g/mol. The van der Waals surface area contributed by atoms with E-state index >= 15 is 0 Å². The number of piperidine rings is 1. The van der Waals surface area contributed by atoms with Gasteiger partial charge in [-0.05, 0) is 30.5 Å². The van der Waals surface area contributed by atoms with Gasteiger partial charge in [0.25, 0.3) is 0 Å². The number of benzene rings is 1. The summed E-state index contributed by atoms with van der Waals surface area (Å²) in [4.78, 5) is 4.59. The van der Waals surface area contributed by atoms with Crippen LogP contribution >= 0.6 is 0 Å². The summed E-state index contributed by atoms with van der Waals surface area (Å²) in [5, 5.41) is 0. The van der Waals surface area contributed by atoms with E-state index in [1.54, 1.807) is 0 Å². The van der Waals surface area contributed by atoms with Crippen molar-refractivity contribution >= 4 is 11.4 Å². The second-order valence-electron chi connectivity index (χ2n) is 5.29. The van der Waals surface area contributed by atoms with Gasteiger partial charge in [-0.25, -0.2) is 0 Å². The molecule has 1 fully saturated rings. The number of anilines is 2. The van der Waals surface area contributed by atoms with E-state index in [2.05, 4.69) is 55.1 Å². The van der Waals surface area contributed by atoms with Gasteiger partial charge < -0.3 is 15.5 Å². The molecule has 2 atom stereocenters. The SMILES string of the molecule is CC1CN(c2cccc(N(C)C)c2)CCC1N. The first kappa shape index (κ1) is 12.2. The predicted octanol–water partition coefficient (Wildman–Crippen LogP) is 1.93. The van der Waals surface area contributed by atoms with Crippen LogP contribution in [0.3, 0.4) is 0 Å². The Labute approximate surface area is 104 Å². The molecule has 0 saturated carbocycles. The van der Waals surface area contributed by atoms with Gasteiger partial charge in [-0.1, -0.05) is 13.0 Å². The van der Waals surface area contributed by atoms with E-state index in [4.69, 9.17) is 5.73 Å². The fourth-order valence-corrected chi connectivity index (χ4v) is 2.37. The zero-order valence-electron chi connectivity index (χ0n) is 11.1. The van der Waals surface area contributed by atoms with Crippen LogP contribution in [-0.2, 0) is 0 Å². The fourth-order valence-electron chi connectivity index (χ4n) is 2.37. The highest BCUT2D eigenvalue weighted by Crippen LogP contribution is 2.25. The van der Waals surface area contributed by atoms with Crippen molar-refractivity contribution in [3.05, 3.63) is 24.3 Å².